The second-order valence-electron chi connectivity index (χ2n) is 3.38. The molecular weight excluding hydrogens is 164 g/mol. The molecule has 0 aliphatic heterocycles. The van der Waals surface area contributed by atoms with Gasteiger partial charge in [0, 0.05) is 19.0 Å². The lowest BCUT2D eigenvalue weighted by Gasteiger charge is -2.16. The van der Waals surface area contributed by atoms with Crippen LogP contribution in [-0.4, -0.2) is 26.0 Å². The maximum atomic E-state index is 11.5. The van der Waals surface area contributed by atoms with Crippen molar-refractivity contribution in [3.63, 3.8) is 0 Å². The predicted octanol–water partition coefficient (Wildman–Crippen LogP) is 0.678. The number of hydrogen-bond donors (Lipinski definition) is 2. The fourth-order valence-corrected chi connectivity index (χ4v) is 1.49. The van der Waals surface area contributed by atoms with Gasteiger partial charge in [-0.2, -0.15) is 0 Å². The van der Waals surface area contributed by atoms with Crippen LogP contribution in [0.4, 0.5) is 0 Å². The highest BCUT2D eigenvalue weighted by Gasteiger charge is 2.17. The Kier molecular flexibility index (Phi) is 4.54. The Morgan fingerprint density at radius 3 is 2.92 bits per heavy atom. The summed E-state index contributed by atoms with van der Waals surface area (Å²) in [6, 6.07) is 0. The van der Waals surface area contributed by atoms with Crippen LogP contribution in [0.15, 0.2) is 12.2 Å². The first-order chi connectivity index (χ1) is 6.34. The van der Waals surface area contributed by atoms with Gasteiger partial charge in [-0.3, -0.25) is 4.79 Å². The number of nitrogens with one attached hydrogen (secondary N) is 2. The molecule has 2 N–H and O–H groups in total. The second-order valence-corrected chi connectivity index (χ2v) is 3.38. The molecule has 1 rings (SSSR count). The van der Waals surface area contributed by atoms with Crippen molar-refractivity contribution >= 4 is 5.91 Å². The lowest BCUT2D eigenvalue weighted by atomic mass is 9.94. The van der Waals surface area contributed by atoms with E-state index in [1.54, 1.807) is 0 Å². The Labute approximate surface area is 79.6 Å². The first-order valence-corrected chi connectivity index (χ1v) is 4.92. The van der Waals surface area contributed by atoms with E-state index in [9.17, 15) is 4.79 Å². The lowest BCUT2D eigenvalue weighted by molar-refractivity contribution is -0.125. The number of likely N-dealkylation sites (N-methyl/N-ethyl adjacent to an activating group) is 1. The fraction of sp³-hybridized carbons (Fsp3) is 0.700. The van der Waals surface area contributed by atoms with Gasteiger partial charge in [0.2, 0.25) is 5.91 Å². The summed E-state index contributed by atoms with van der Waals surface area (Å²) in [5, 5.41) is 5.92. The van der Waals surface area contributed by atoms with E-state index in [-0.39, 0.29) is 11.8 Å². The molecule has 1 aliphatic carbocycles. The highest BCUT2D eigenvalue weighted by atomic mass is 16.1. The Morgan fingerprint density at radius 2 is 2.31 bits per heavy atom. The van der Waals surface area contributed by atoms with Crippen molar-refractivity contribution in [2.45, 2.75) is 19.3 Å². The first-order valence-electron chi connectivity index (χ1n) is 4.92. The van der Waals surface area contributed by atoms with E-state index in [0.29, 0.717) is 0 Å². The first kappa shape index (κ1) is 10.3. The van der Waals surface area contributed by atoms with Crippen molar-refractivity contribution in [1.82, 2.24) is 10.6 Å². The molecule has 0 aromatic heterocycles. The van der Waals surface area contributed by atoms with Gasteiger partial charge in [0.1, 0.15) is 0 Å². The molecule has 3 heteroatoms. The number of allylic oxidation sites excluding steroid dienone is 2. The van der Waals surface area contributed by atoms with Crippen molar-refractivity contribution in [3.8, 4) is 0 Å². The van der Waals surface area contributed by atoms with E-state index in [0.717, 1.165) is 32.4 Å². The van der Waals surface area contributed by atoms with Gasteiger partial charge in [-0.15, -0.1) is 0 Å². The summed E-state index contributed by atoms with van der Waals surface area (Å²) in [4.78, 5) is 11.5. The molecule has 3 nitrogen and oxygen atoms in total. The van der Waals surface area contributed by atoms with Crippen LogP contribution in [0.1, 0.15) is 19.3 Å². The third-order valence-electron chi connectivity index (χ3n) is 2.31. The fourth-order valence-electron chi connectivity index (χ4n) is 1.49. The Balaban J connectivity index is 2.18. The van der Waals surface area contributed by atoms with E-state index in [2.05, 4.69) is 22.8 Å². The third kappa shape index (κ3) is 3.59. The van der Waals surface area contributed by atoms with E-state index in [1.807, 2.05) is 7.05 Å². The number of carbonyl (C=O) groups is 1. The molecule has 0 fully saturated rings. The average molecular weight is 182 g/mol. The molecule has 74 valence electrons. The molecule has 0 saturated carbocycles. The van der Waals surface area contributed by atoms with Gasteiger partial charge in [0.15, 0.2) is 0 Å². The number of amides is 1. The highest BCUT2D eigenvalue weighted by molar-refractivity contribution is 5.78. The Hall–Kier alpha value is -0.830. The average Bonchev–Trinajstić information content (AvgIpc) is 2.19. The number of hydrogen-bond acceptors (Lipinski definition) is 2. The largest absolute Gasteiger partial charge is 0.355 e. The van der Waals surface area contributed by atoms with Gasteiger partial charge in [-0.05, 0) is 26.3 Å². The monoisotopic (exact) mass is 182 g/mol. The van der Waals surface area contributed by atoms with Crippen LogP contribution in [-0.2, 0) is 4.79 Å². The molecule has 0 spiro atoms. The minimum atomic E-state index is 0.208. The summed E-state index contributed by atoms with van der Waals surface area (Å²) in [5.41, 5.74) is 0. The zero-order valence-corrected chi connectivity index (χ0v) is 8.18. The van der Waals surface area contributed by atoms with Crippen molar-refractivity contribution in [2.24, 2.45) is 5.92 Å². The molecule has 13 heavy (non-hydrogen) atoms. The minimum absolute atomic E-state index is 0.208. The normalized spacial score (nSPS) is 21.5. The summed E-state index contributed by atoms with van der Waals surface area (Å²) in [7, 11) is 1.88. The Morgan fingerprint density at radius 1 is 1.46 bits per heavy atom. The third-order valence-corrected chi connectivity index (χ3v) is 2.31. The molecule has 0 heterocycles. The molecule has 0 bridgehead atoms. The van der Waals surface area contributed by atoms with E-state index in [4.69, 9.17) is 0 Å². The Bertz CT molecular complexity index is 189. The molecule has 1 unspecified atom stereocenters. The van der Waals surface area contributed by atoms with Gasteiger partial charge >= 0.3 is 0 Å². The molecular formula is C10H18N2O. The molecule has 1 aliphatic rings. The zero-order chi connectivity index (χ0) is 9.52. The summed E-state index contributed by atoms with van der Waals surface area (Å²) in [6.45, 7) is 1.57. The summed E-state index contributed by atoms with van der Waals surface area (Å²) in [6.07, 6.45) is 7.21. The predicted molar refractivity (Wildman–Crippen MR) is 53.4 cm³/mol. The highest BCUT2D eigenvalue weighted by Crippen LogP contribution is 2.17. The molecule has 0 saturated heterocycles. The van der Waals surface area contributed by atoms with Crippen LogP contribution in [0.3, 0.4) is 0 Å². The SMILES string of the molecule is CNCCNC(=O)C1CC=CCC1. The molecule has 1 atom stereocenters. The topological polar surface area (TPSA) is 41.1 Å². The van der Waals surface area contributed by atoms with Crippen LogP contribution in [0.2, 0.25) is 0 Å². The zero-order valence-electron chi connectivity index (χ0n) is 8.18. The van der Waals surface area contributed by atoms with Crippen LogP contribution in [0, 0.1) is 5.92 Å². The van der Waals surface area contributed by atoms with Gasteiger partial charge < -0.3 is 10.6 Å². The van der Waals surface area contributed by atoms with Crippen molar-refractivity contribution < 1.29 is 4.79 Å². The molecule has 1 amide bonds. The van der Waals surface area contributed by atoms with Crippen LogP contribution in [0.25, 0.3) is 0 Å². The summed E-state index contributed by atoms with van der Waals surface area (Å²) < 4.78 is 0. The lowest BCUT2D eigenvalue weighted by Crippen LogP contribution is -2.35. The van der Waals surface area contributed by atoms with Gasteiger partial charge in [0.05, 0.1) is 0 Å². The summed E-state index contributed by atoms with van der Waals surface area (Å²) >= 11 is 0. The van der Waals surface area contributed by atoms with Gasteiger partial charge in [0.25, 0.3) is 0 Å². The van der Waals surface area contributed by atoms with E-state index in [1.165, 1.54) is 0 Å². The quantitative estimate of drug-likeness (QED) is 0.496. The number of carbonyl (C=O) groups excluding carboxylic acids is 1. The molecule has 0 aromatic carbocycles. The maximum Gasteiger partial charge on any atom is 0.223 e. The smallest absolute Gasteiger partial charge is 0.223 e. The van der Waals surface area contributed by atoms with E-state index >= 15 is 0 Å². The number of rotatable bonds is 4. The second kappa shape index (κ2) is 5.75. The van der Waals surface area contributed by atoms with Crippen molar-refractivity contribution in [1.29, 1.82) is 0 Å². The molecule has 0 radical (unpaired) electrons. The minimum Gasteiger partial charge on any atom is -0.355 e. The van der Waals surface area contributed by atoms with Crippen LogP contribution < -0.4 is 10.6 Å². The maximum absolute atomic E-state index is 11.5. The van der Waals surface area contributed by atoms with Crippen LogP contribution >= 0.6 is 0 Å². The standard InChI is InChI=1S/C10H18N2O/c1-11-7-8-12-10(13)9-5-3-2-4-6-9/h2-3,9,11H,4-8H2,1H3,(H,12,13). The van der Waals surface area contributed by atoms with Crippen LogP contribution in [0.5, 0.6) is 0 Å². The van der Waals surface area contributed by atoms with Gasteiger partial charge in [-0.1, -0.05) is 12.2 Å². The van der Waals surface area contributed by atoms with Crippen molar-refractivity contribution in [3.05, 3.63) is 12.2 Å². The van der Waals surface area contributed by atoms with Crippen molar-refractivity contribution in [2.75, 3.05) is 20.1 Å². The van der Waals surface area contributed by atoms with Gasteiger partial charge in [-0.25, -0.2) is 0 Å². The molecule has 0 aromatic rings. The summed E-state index contributed by atoms with van der Waals surface area (Å²) in [5.74, 6) is 0.418. The van der Waals surface area contributed by atoms with E-state index < -0.39 is 0 Å².